The summed E-state index contributed by atoms with van der Waals surface area (Å²) in [5.74, 6) is -0.463. The van der Waals surface area contributed by atoms with Crippen LogP contribution in [0, 0.1) is 0 Å². The fourth-order valence-electron chi connectivity index (χ4n) is 2.44. The number of phenols is 1. The van der Waals surface area contributed by atoms with Crippen LogP contribution in [0.2, 0.25) is 5.02 Å². The minimum absolute atomic E-state index is 0.0226. The smallest absolute Gasteiger partial charge is 0.295 e. The predicted molar refractivity (Wildman–Crippen MR) is 101 cm³/mol. The highest BCUT2D eigenvalue weighted by Crippen LogP contribution is 2.40. The topological polar surface area (TPSA) is 154 Å². The van der Waals surface area contributed by atoms with Crippen LogP contribution in [0.1, 0.15) is 0 Å². The van der Waals surface area contributed by atoms with Crippen molar-refractivity contribution in [1.82, 2.24) is 0 Å². The SMILES string of the molecule is O=S(=O)(O)c1cc(S(=O)(=O)O)c2c(N=Nc3ccc(Cl)cc3)c(O)ccc2c1. The summed E-state index contributed by atoms with van der Waals surface area (Å²) in [5, 5.41) is 18.0. The molecule has 0 saturated heterocycles. The Morgan fingerprint density at radius 3 is 2.04 bits per heavy atom. The molecule has 0 atom stereocenters. The van der Waals surface area contributed by atoms with Crippen molar-refractivity contribution in [2.24, 2.45) is 10.2 Å². The summed E-state index contributed by atoms with van der Waals surface area (Å²) in [5.41, 5.74) is 0.0192. The Morgan fingerprint density at radius 1 is 0.821 bits per heavy atom. The van der Waals surface area contributed by atoms with Gasteiger partial charge >= 0.3 is 0 Å². The Hall–Kier alpha value is -2.57. The van der Waals surface area contributed by atoms with E-state index in [2.05, 4.69) is 10.2 Å². The first-order chi connectivity index (χ1) is 13.0. The Labute approximate surface area is 164 Å². The first-order valence-corrected chi connectivity index (χ1v) is 10.6. The van der Waals surface area contributed by atoms with E-state index in [1.807, 2.05) is 0 Å². The van der Waals surface area contributed by atoms with Crippen molar-refractivity contribution in [3.05, 3.63) is 53.6 Å². The van der Waals surface area contributed by atoms with Crippen molar-refractivity contribution in [2.45, 2.75) is 9.79 Å². The van der Waals surface area contributed by atoms with Crippen LogP contribution in [-0.4, -0.2) is 31.0 Å². The summed E-state index contributed by atoms with van der Waals surface area (Å²) in [6, 6.07) is 10.0. The zero-order chi connectivity index (χ0) is 20.7. The van der Waals surface area contributed by atoms with Gasteiger partial charge in [0.2, 0.25) is 0 Å². The van der Waals surface area contributed by atoms with Crippen LogP contribution >= 0.6 is 11.6 Å². The highest BCUT2D eigenvalue weighted by atomic mass is 35.5. The molecule has 9 nitrogen and oxygen atoms in total. The number of benzene rings is 3. The minimum atomic E-state index is -4.95. The van der Waals surface area contributed by atoms with E-state index in [1.54, 1.807) is 12.1 Å². The lowest BCUT2D eigenvalue weighted by Crippen LogP contribution is -2.04. The molecule has 0 aliphatic carbocycles. The molecule has 0 heterocycles. The lowest BCUT2D eigenvalue weighted by Gasteiger charge is -2.10. The molecule has 3 aromatic rings. The molecule has 28 heavy (non-hydrogen) atoms. The fourth-order valence-corrected chi connectivity index (χ4v) is 3.93. The second-order valence-corrected chi connectivity index (χ2v) is 8.83. The molecule has 0 saturated carbocycles. The summed E-state index contributed by atoms with van der Waals surface area (Å²) in [4.78, 5) is -1.61. The molecule has 0 bridgehead atoms. The zero-order valence-electron chi connectivity index (χ0n) is 13.7. The largest absolute Gasteiger partial charge is 0.506 e. The molecule has 3 rings (SSSR count). The fraction of sp³-hybridized carbons (Fsp3) is 0. The van der Waals surface area contributed by atoms with E-state index in [0.717, 1.165) is 12.1 Å². The van der Waals surface area contributed by atoms with Gasteiger partial charge in [0, 0.05) is 10.4 Å². The lowest BCUT2D eigenvalue weighted by molar-refractivity contribution is 0.477. The van der Waals surface area contributed by atoms with E-state index in [4.69, 9.17) is 11.6 Å². The molecule has 0 radical (unpaired) electrons. The van der Waals surface area contributed by atoms with E-state index in [1.165, 1.54) is 18.2 Å². The molecule has 0 aromatic heterocycles. The Bertz CT molecular complexity index is 1320. The molecule has 0 unspecified atom stereocenters. The van der Waals surface area contributed by atoms with E-state index < -0.39 is 35.8 Å². The molecule has 0 aliphatic rings. The van der Waals surface area contributed by atoms with Crippen LogP contribution < -0.4 is 0 Å². The summed E-state index contributed by atoms with van der Waals surface area (Å²) >= 11 is 5.78. The molecule has 0 amide bonds. The number of azo groups is 1. The third-order valence-electron chi connectivity index (χ3n) is 3.67. The first-order valence-electron chi connectivity index (χ1n) is 7.39. The van der Waals surface area contributed by atoms with Crippen molar-refractivity contribution >= 4 is 54.0 Å². The number of phenolic OH excluding ortho intramolecular Hbond substituents is 1. The second kappa shape index (κ2) is 7.11. The first kappa shape index (κ1) is 20.2. The average molecular weight is 443 g/mol. The monoisotopic (exact) mass is 442 g/mol. The van der Waals surface area contributed by atoms with Gasteiger partial charge in [0.05, 0.1) is 10.6 Å². The summed E-state index contributed by atoms with van der Waals surface area (Å²) in [6.45, 7) is 0. The second-order valence-electron chi connectivity index (χ2n) is 5.58. The number of fused-ring (bicyclic) bond motifs is 1. The van der Waals surface area contributed by atoms with Crippen LogP contribution in [-0.2, 0) is 20.2 Å². The molecule has 0 aliphatic heterocycles. The van der Waals surface area contributed by atoms with Crippen LogP contribution in [0.4, 0.5) is 11.4 Å². The van der Waals surface area contributed by atoms with Crippen molar-refractivity contribution in [3.63, 3.8) is 0 Å². The molecular formula is C16H11ClN2O7S2. The van der Waals surface area contributed by atoms with Gasteiger partial charge in [0.15, 0.2) is 0 Å². The molecular weight excluding hydrogens is 432 g/mol. The van der Waals surface area contributed by atoms with Gasteiger partial charge in [-0.15, -0.1) is 5.11 Å². The van der Waals surface area contributed by atoms with Crippen molar-refractivity contribution in [1.29, 1.82) is 0 Å². The highest BCUT2D eigenvalue weighted by molar-refractivity contribution is 7.86. The normalized spacial score (nSPS) is 12.7. The van der Waals surface area contributed by atoms with Gasteiger partial charge < -0.3 is 5.11 Å². The highest BCUT2D eigenvalue weighted by Gasteiger charge is 2.23. The van der Waals surface area contributed by atoms with Gasteiger partial charge in [0.25, 0.3) is 20.2 Å². The number of halogens is 1. The summed E-state index contributed by atoms with van der Waals surface area (Å²) in [6.07, 6.45) is 0. The maximum absolute atomic E-state index is 11.8. The number of hydrogen-bond acceptors (Lipinski definition) is 7. The predicted octanol–water partition coefficient (Wildman–Crippen LogP) is 4.11. The Morgan fingerprint density at radius 2 is 1.46 bits per heavy atom. The molecule has 12 heteroatoms. The van der Waals surface area contributed by atoms with Crippen LogP contribution in [0.15, 0.2) is 68.6 Å². The Balaban J connectivity index is 2.34. The third-order valence-corrected chi connectivity index (χ3v) is 5.64. The van der Waals surface area contributed by atoms with Crippen LogP contribution in [0.3, 0.4) is 0 Å². The van der Waals surface area contributed by atoms with Crippen molar-refractivity contribution in [2.75, 3.05) is 0 Å². The number of rotatable bonds is 4. The molecule has 0 fully saturated rings. The van der Waals surface area contributed by atoms with Gasteiger partial charge in [-0.1, -0.05) is 17.7 Å². The summed E-state index contributed by atoms with van der Waals surface area (Å²) in [7, 11) is -9.71. The molecule has 3 aromatic carbocycles. The van der Waals surface area contributed by atoms with E-state index in [9.17, 15) is 31.0 Å². The number of nitrogens with zero attached hydrogens (tertiary/aromatic N) is 2. The van der Waals surface area contributed by atoms with Crippen LogP contribution in [0.25, 0.3) is 10.8 Å². The number of aromatic hydroxyl groups is 1. The van der Waals surface area contributed by atoms with Crippen molar-refractivity contribution < 1.29 is 31.0 Å². The van der Waals surface area contributed by atoms with Gasteiger partial charge in [0.1, 0.15) is 16.3 Å². The van der Waals surface area contributed by atoms with E-state index in [-0.39, 0.29) is 16.5 Å². The standard InChI is InChI=1S/C16H11ClN2O7S2/c17-10-2-4-11(5-3-10)18-19-16-13(20)6-1-9-7-12(27(21,22)23)8-14(15(9)16)28(24,25)26/h1-8,20H,(H,21,22,23)(H,24,25,26). The Kier molecular flexibility index (Phi) is 5.12. The number of hydrogen-bond donors (Lipinski definition) is 3. The van der Waals surface area contributed by atoms with Gasteiger partial charge in [-0.25, -0.2) is 0 Å². The maximum atomic E-state index is 11.8. The maximum Gasteiger partial charge on any atom is 0.295 e. The van der Waals surface area contributed by atoms with Gasteiger partial charge in [-0.3, -0.25) is 9.11 Å². The molecule has 146 valence electrons. The summed E-state index contributed by atoms with van der Waals surface area (Å²) < 4.78 is 65.2. The van der Waals surface area contributed by atoms with E-state index in [0.29, 0.717) is 16.8 Å². The minimum Gasteiger partial charge on any atom is -0.506 e. The average Bonchev–Trinajstić information content (AvgIpc) is 2.60. The zero-order valence-corrected chi connectivity index (χ0v) is 16.1. The molecule has 0 spiro atoms. The van der Waals surface area contributed by atoms with Gasteiger partial charge in [-0.2, -0.15) is 21.9 Å². The van der Waals surface area contributed by atoms with Gasteiger partial charge in [-0.05, 0) is 47.9 Å². The quantitative estimate of drug-likeness (QED) is 0.405. The van der Waals surface area contributed by atoms with Crippen molar-refractivity contribution in [3.8, 4) is 5.75 Å². The lowest BCUT2D eigenvalue weighted by atomic mass is 10.1. The van der Waals surface area contributed by atoms with Crippen LogP contribution in [0.5, 0.6) is 5.75 Å². The third kappa shape index (κ3) is 4.13. The van der Waals surface area contributed by atoms with E-state index >= 15 is 0 Å². The molecule has 3 N–H and O–H groups in total.